The summed E-state index contributed by atoms with van der Waals surface area (Å²) in [5.41, 5.74) is -0.202. The molecule has 0 fully saturated rings. The zero-order chi connectivity index (χ0) is 22.6. The fraction of sp³-hybridized carbons (Fsp3) is 0.316. The SMILES string of the molecule is CCCS(=O)(=O)Nc1ccc(F)c(C(=O)Nc2cnc3[nH]nc(CCCO)c3c2)c1F. The number of carbonyl (C=O) groups is 1. The van der Waals surface area contributed by atoms with Crippen LogP contribution in [0, 0.1) is 11.6 Å². The minimum atomic E-state index is -3.83. The Balaban J connectivity index is 1.88. The molecule has 166 valence electrons. The van der Waals surface area contributed by atoms with E-state index in [4.69, 9.17) is 5.11 Å². The summed E-state index contributed by atoms with van der Waals surface area (Å²) < 4.78 is 54.9. The molecule has 2 aromatic heterocycles. The number of H-pyrrole nitrogens is 1. The van der Waals surface area contributed by atoms with Crippen LogP contribution in [0.2, 0.25) is 0 Å². The maximum atomic E-state index is 14.8. The number of carbonyl (C=O) groups excluding carboxylic acids is 1. The van der Waals surface area contributed by atoms with Gasteiger partial charge in [0, 0.05) is 12.0 Å². The second-order valence-electron chi connectivity index (χ2n) is 6.78. The van der Waals surface area contributed by atoms with Gasteiger partial charge in [0.1, 0.15) is 11.4 Å². The van der Waals surface area contributed by atoms with Gasteiger partial charge in [-0.25, -0.2) is 22.2 Å². The fourth-order valence-corrected chi connectivity index (χ4v) is 4.11. The Kier molecular flexibility index (Phi) is 6.81. The van der Waals surface area contributed by atoms with E-state index >= 15 is 0 Å². The van der Waals surface area contributed by atoms with Crippen LogP contribution in [0.25, 0.3) is 11.0 Å². The molecule has 3 aromatic rings. The second-order valence-corrected chi connectivity index (χ2v) is 8.62. The summed E-state index contributed by atoms with van der Waals surface area (Å²) in [5, 5.41) is 18.8. The predicted molar refractivity (Wildman–Crippen MR) is 111 cm³/mol. The predicted octanol–water partition coefficient (Wildman–Crippen LogP) is 2.57. The molecule has 0 aliphatic rings. The first-order chi connectivity index (χ1) is 14.8. The summed E-state index contributed by atoms with van der Waals surface area (Å²) in [5.74, 6) is -3.82. The first-order valence-corrected chi connectivity index (χ1v) is 11.1. The summed E-state index contributed by atoms with van der Waals surface area (Å²) in [6.45, 7) is 1.62. The van der Waals surface area contributed by atoms with E-state index < -0.39 is 38.8 Å². The Morgan fingerprint density at radius 3 is 2.77 bits per heavy atom. The Labute approximate surface area is 176 Å². The monoisotopic (exact) mass is 453 g/mol. The van der Waals surface area contributed by atoms with Gasteiger partial charge in [-0.05, 0) is 37.5 Å². The molecule has 1 amide bonds. The number of nitrogens with zero attached hydrogens (tertiary/aromatic N) is 2. The number of halogens is 2. The molecule has 0 saturated heterocycles. The number of aromatic amines is 1. The first-order valence-electron chi connectivity index (χ1n) is 9.49. The lowest BCUT2D eigenvalue weighted by Crippen LogP contribution is -2.20. The number of amides is 1. The standard InChI is InChI=1S/C19H21F2N5O4S/c1-2-8-31(29,30)26-15-6-5-13(20)16(17(15)21)19(28)23-11-9-12-14(4-3-7-27)24-25-18(12)22-10-11/h5-6,9-10,26-27H,2-4,7-8H2,1H3,(H,23,28)(H,22,24,25). The van der Waals surface area contributed by atoms with Gasteiger partial charge in [0.05, 0.1) is 29.0 Å². The third-order valence-corrected chi connectivity index (χ3v) is 5.86. The number of rotatable bonds is 9. The molecule has 0 bridgehead atoms. The molecular weight excluding hydrogens is 432 g/mol. The van der Waals surface area contributed by atoms with E-state index in [0.717, 1.165) is 12.1 Å². The molecule has 4 N–H and O–H groups in total. The lowest BCUT2D eigenvalue weighted by molar-refractivity contribution is 0.101. The number of anilines is 2. The van der Waals surface area contributed by atoms with Crippen molar-refractivity contribution in [3.63, 3.8) is 0 Å². The fourth-order valence-electron chi connectivity index (χ4n) is 2.98. The van der Waals surface area contributed by atoms with Crippen molar-refractivity contribution >= 4 is 38.3 Å². The van der Waals surface area contributed by atoms with Gasteiger partial charge in [-0.2, -0.15) is 5.10 Å². The molecule has 31 heavy (non-hydrogen) atoms. The molecule has 0 atom stereocenters. The third kappa shape index (κ3) is 5.14. The highest BCUT2D eigenvalue weighted by molar-refractivity contribution is 7.92. The number of aromatic nitrogens is 3. The van der Waals surface area contributed by atoms with Crippen LogP contribution in [0.4, 0.5) is 20.2 Å². The van der Waals surface area contributed by atoms with Gasteiger partial charge in [0.15, 0.2) is 11.5 Å². The maximum absolute atomic E-state index is 14.8. The summed E-state index contributed by atoms with van der Waals surface area (Å²) in [6, 6.07) is 3.27. The van der Waals surface area contributed by atoms with E-state index in [-0.39, 0.29) is 18.0 Å². The number of hydrogen-bond donors (Lipinski definition) is 4. The second kappa shape index (κ2) is 9.35. The molecule has 3 rings (SSSR count). The molecule has 0 radical (unpaired) electrons. The largest absolute Gasteiger partial charge is 0.396 e. The van der Waals surface area contributed by atoms with Crippen molar-refractivity contribution in [2.24, 2.45) is 0 Å². The quantitative estimate of drug-likeness (QED) is 0.393. The lowest BCUT2D eigenvalue weighted by atomic mass is 10.1. The van der Waals surface area contributed by atoms with Gasteiger partial charge < -0.3 is 10.4 Å². The summed E-state index contributed by atoms with van der Waals surface area (Å²) in [6.07, 6.45) is 2.54. The van der Waals surface area contributed by atoms with Crippen molar-refractivity contribution in [2.75, 3.05) is 22.4 Å². The average molecular weight is 453 g/mol. The van der Waals surface area contributed by atoms with Crippen molar-refractivity contribution in [1.82, 2.24) is 15.2 Å². The van der Waals surface area contributed by atoms with Gasteiger partial charge >= 0.3 is 0 Å². The normalized spacial score (nSPS) is 11.6. The van der Waals surface area contributed by atoms with E-state index in [2.05, 4.69) is 20.5 Å². The average Bonchev–Trinajstić information content (AvgIpc) is 3.11. The van der Waals surface area contributed by atoms with E-state index in [9.17, 15) is 22.0 Å². The Hall–Kier alpha value is -3.12. The highest BCUT2D eigenvalue weighted by Gasteiger charge is 2.23. The van der Waals surface area contributed by atoms with Crippen LogP contribution in [0.1, 0.15) is 35.8 Å². The number of nitrogens with one attached hydrogen (secondary N) is 3. The molecule has 12 heteroatoms. The number of aliphatic hydroxyl groups is 1. The Morgan fingerprint density at radius 1 is 1.29 bits per heavy atom. The maximum Gasteiger partial charge on any atom is 0.261 e. The molecular formula is C19H21F2N5O4S. The van der Waals surface area contributed by atoms with E-state index in [1.54, 1.807) is 13.0 Å². The van der Waals surface area contributed by atoms with Gasteiger partial charge in [0.2, 0.25) is 10.0 Å². The molecule has 0 aliphatic carbocycles. The zero-order valence-electron chi connectivity index (χ0n) is 16.6. The van der Waals surface area contributed by atoms with Crippen LogP contribution in [0.15, 0.2) is 24.4 Å². The van der Waals surface area contributed by atoms with Gasteiger partial charge in [-0.3, -0.25) is 14.6 Å². The zero-order valence-corrected chi connectivity index (χ0v) is 17.4. The summed E-state index contributed by atoms with van der Waals surface area (Å²) in [7, 11) is -3.83. The summed E-state index contributed by atoms with van der Waals surface area (Å²) in [4.78, 5) is 16.7. The summed E-state index contributed by atoms with van der Waals surface area (Å²) >= 11 is 0. The van der Waals surface area contributed by atoms with Crippen molar-refractivity contribution in [3.8, 4) is 0 Å². The molecule has 0 saturated carbocycles. The van der Waals surface area contributed by atoms with Crippen molar-refractivity contribution < 1.29 is 27.1 Å². The third-order valence-electron chi connectivity index (χ3n) is 4.38. The van der Waals surface area contributed by atoms with Gasteiger partial charge in [0.25, 0.3) is 5.91 Å². The van der Waals surface area contributed by atoms with Gasteiger partial charge in [-0.15, -0.1) is 0 Å². The molecule has 1 aromatic carbocycles. The van der Waals surface area contributed by atoms with E-state index in [1.807, 2.05) is 4.72 Å². The minimum absolute atomic E-state index is 0.0187. The molecule has 9 nitrogen and oxygen atoms in total. The van der Waals surface area contributed by atoms with Crippen molar-refractivity contribution in [2.45, 2.75) is 26.2 Å². The lowest BCUT2D eigenvalue weighted by Gasteiger charge is -2.12. The van der Waals surface area contributed by atoms with Crippen LogP contribution in [0.3, 0.4) is 0 Å². The van der Waals surface area contributed by atoms with Crippen LogP contribution in [0.5, 0.6) is 0 Å². The number of sulfonamides is 1. The van der Waals surface area contributed by atoms with Gasteiger partial charge in [-0.1, -0.05) is 6.92 Å². The highest BCUT2D eigenvalue weighted by Crippen LogP contribution is 2.25. The number of aliphatic hydroxyl groups excluding tert-OH is 1. The number of fused-ring (bicyclic) bond motifs is 1. The Morgan fingerprint density at radius 2 is 2.06 bits per heavy atom. The van der Waals surface area contributed by atoms with Crippen LogP contribution in [-0.4, -0.2) is 47.0 Å². The molecule has 0 aliphatic heterocycles. The number of hydrogen-bond acceptors (Lipinski definition) is 6. The smallest absolute Gasteiger partial charge is 0.261 e. The van der Waals surface area contributed by atoms with Crippen LogP contribution in [-0.2, 0) is 16.4 Å². The van der Waals surface area contributed by atoms with Crippen LogP contribution < -0.4 is 10.0 Å². The highest BCUT2D eigenvalue weighted by atomic mass is 32.2. The number of aryl methyl sites for hydroxylation is 1. The number of pyridine rings is 1. The Bertz CT molecular complexity index is 1210. The van der Waals surface area contributed by atoms with E-state index in [0.29, 0.717) is 36.0 Å². The number of benzene rings is 1. The van der Waals surface area contributed by atoms with Crippen molar-refractivity contribution in [1.29, 1.82) is 0 Å². The van der Waals surface area contributed by atoms with E-state index in [1.165, 1.54) is 6.20 Å². The van der Waals surface area contributed by atoms with Crippen molar-refractivity contribution in [3.05, 3.63) is 47.3 Å². The van der Waals surface area contributed by atoms with Crippen LogP contribution >= 0.6 is 0 Å². The molecule has 0 unspecified atom stereocenters. The molecule has 2 heterocycles. The first kappa shape index (κ1) is 22.6. The topological polar surface area (TPSA) is 137 Å². The molecule has 0 spiro atoms. The minimum Gasteiger partial charge on any atom is -0.396 e.